The number of hydrogen-bond acceptors (Lipinski definition) is 3. The number of nitrogens with one attached hydrogen (secondary N) is 4. The maximum absolute atomic E-state index is 12.6. The highest BCUT2D eigenvalue weighted by atomic mass is 79.9. The number of benzene rings is 2. The fourth-order valence-corrected chi connectivity index (χ4v) is 3.41. The molecule has 4 N–H and O–H groups in total. The number of aromatic nitrogens is 1. The summed E-state index contributed by atoms with van der Waals surface area (Å²) in [4.78, 5) is 39.5. The molecule has 0 radical (unpaired) electrons. The van der Waals surface area contributed by atoms with Crippen molar-refractivity contribution in [3.05, 3.63) is 64.8 Å². The summed E-state index contributed by atoms with van der Waals surface area (Å²) >= 11 is 3.36. The Bertz CT molecular complexity index is 1050. The van der Waals surface area contributed by atoms with Gasteiger partial charge in [0.25, 0.3) is 0 Å². The number of amides is 3. The molecule has 0 aliphatic carbocycles. The minimum atomic E-state index is -0.789. The number of carbonyl (C=O) groups excluding carboxylic acids is 3. The zero-order valence-electron chi connectivity index (χ0n) is 15.8. The van der Waals surface area contributed by atoms with E-state index in [9.17, 15) is 14.4 Å². The van der Waals surface area contributed by atoms with Gasteiger partial charge in [0, 0.05) is 34.9 Å². The number of carbonyl (C=O) groups is 3. The summed E-state index contributed by atoms with van der Waals surface area (Å²) in [6.07, 6.45) is 2.13. The molecule has 0 aliphatic rings. The predicted octanol–water partition coefficient (Wildman–Crippen LogP) is 2.73. The predicted molar refractivity (Wildman–Crippen MR) is 115 cm³/mol. The summed E-state index contributed by atoms with van der Waals surface area (Å²) in [6.45, 7) is 1.15. The number of hydrogen-bond donors (Lipinski definition) is 4. The molecule has 3 aromatic rings. The second kappa shape index (κ2) is 9.38. The van der Waals surface area contributed by atoms with Crippen LogP contribution in [-0.2, 0) is 20.8 Å². The minimum Gasteiger partial charge on any atom is -0.361 e. The summed E-state index contributed by atoms with van der Waals surface area (Å²) in [5, 5.41) is 8.97. The summed E-state index contributed by atoms with van der Waals surface area (Å²) in [5.74, 6) is -1.10. The molecular formula is C21H21BrN4O3. The molecule has 0 bridgehead atoms. The zero-order chi connectivity index (χ0) is 20.8. The van der Waals surface area contributed by atoms with Gasteiger partial charge in [-0.15, -0.1) is 0 Å². The maximum Gasteiger partial charge on any atom is 0.243 e. The summed E-state index contributed by atoms with van der Waals surface area (Å²) in [5.41, 5.74) is 2.48. The molecule has 1 atom stereocenters. The van der Waals surface area contributed by atoms with Crippen LogP contribution in [0.25, 0.3) is 10.9 Å². The summed E-state index contributed by atoms with van der Waals surface area (Å²) in [7, 11) is 0. The summed E-state index contributed by atoms with van der Waals surface area (Å²) in [6, 6.07) is 14.1. The van der Waals surface area contributed by atoms with Crippen LogP contribution in [0.2, 0.25) is 0 Å². The highest BCUT2D eigenvalue weighted by molar-refractivity contribution is 9.10. The van der Waals surface area contributed by atoms with E-state index in [0.29, 0.717) is 12.1 Å². The fourth-order valence-electron chi connectivity index (χ4n) is 3.02. The van der Waals surface area contributed by atoms with Gasteiger partial charge in [-0.1, -0.05) is 30.3 Å². The van der Waals surface area contributed by atoms with E-state index in [2.05, 4.69) is 36.9 Å². The minimum absolute atomic E-state index is 0.204. The van der Waals surface area contributed by atoms with Crippen molar-refractivity contribution in [3.8, 4) is 0 Å². The van der Waals surface area contributed by atoms with Crippen molar-refractivity contribution in [1.82, 2.24) is 15.6 Å². The quantitative estimate of drug-likeness (QED) is 0.439. The van der Waals surface area contributed by atoms with Gasteiger partial charge in [-0.25, -0.2) is 0 Å². The lowest BCUT2D eigenvalue weighted by molar-refractivity contribution is -0.129. The van der Waals surface area contributed by atoms with Crippen LogP contribution in [0.15, 0.2) is 59.2 Å². The lowest BCUT2D eigenvalue weighted by Crippen LogP contribution is -2.49. The Morgan fingerprint density at radius 1 is 1.07 bits per heavy atom. The molecule has 0 saturated heterocycles. The normalized spacial score (nSPS) is 11.7. The second-order valence-corrected chi connectivity index (χ2v) is 7.42. The monoisotopic (exact) mass is 456 g/mol. The first-order chi connectivity index (χ1) is 13.9. The van der Waals surface area contributed by atoms with Crippen LogP contribution in [0.4, 0.5) is 5.69 Å². The largest absolute Gasteiger partial charge is 0.361 e. The van der Waals surface area contributed by atoms with Crippen LogP contribution >= 0.6 is 15.9 Å². The average Bonchev–Trinajstić information content (AvgIpc) is 3.10. The SMILES string of the molecule is CC(=O)NC(Cc1c[nH]c2ccccc12)C(=O)NCC(=O)Nc1ccccc1Br. The van der Waals surface area contributed by atoms with Crippen molar-refractivity contribution in [2.75, 3.05) is 11.9 Å². The molecule has 1 unspecified atom stereocenters. The van der Waals surface area contributed by atoms with Gasteiger partial charge in [-0.3, -0.25) is 14.4 Å². The second-order valence-electron chi connectivity index (χ2n) is 6.56. The van der Waals surface area contributed by atoms with Crippen molar-refractivity contribution in [2.24, 2.45) is 0 Å². The molecule has 29 heavy (non-hydrogen) atoms. The average molecular weight is 457 g/mol. The van der Waals surface area contributed by atoms with Gasteiger partial charge >= 0.3 is 0 Å². The molecule has 150 valence electrons. The van der Waals surface area contributed by atoms with E-state index in [1.54, 1.807) is 12.1 Å². The third-order valence-electron chi connectivity index (χ3n) is 4.36. The van der Waals surface area contributed by atoms with E-state index in [1.165, 1.54) is 6.92 Å². The van der Waals surface area contributed by atoms with E-state index in [1.807, 2.05) is 42.6 Å². The molecule has 1 aromatic heterocycles. The lowest BCUT2D eigenvalue weighted by Gasteiger charge is -2.17. The van der Waals surface area contributed by atoms with E-state index in [-0.39, 0.29) is 18.4 Å². The van der Waals surface area contributed by atoms with Gasteiger partial charge in [0.2, 0.25) is 17.7 Å². The molecule has 8 heteroatoms. The first-order valence-electron chi connectivity index (χ1n) is 9.08. The first-order valence-corrected chi connectivity index (χ1v) is 9.87. The number of H-pyrrole nitrogens is 1. The molecule has 2 aromatic carbocycles. The molecule has 3 rings (SSSR count). The van der Waals surface area contributed by atoms with Crippen LogP contribution in [-0.4, -0.2) is 35.3 Å². The molecule has 3 amide bonds. The number of halogens is 1. The Morgan fingerprint density at radius 2 is 1.79 bits per heavy atom. The third kappa shape index (κ3) is 5.45. The smallest absolute Gasteiger partial charge is 0.243 e. The molecular weight excluding hydrogens is 436 g/mol. The topological polar surface area (TPSA) is 103 Å². The van der Waals surface area contributed by atoms with Crippen LogP contribution in [0.3, 0.4) is 0 Å². The third-order valence-corrected chi connectivity index (χ3v) is 5.06. The molecule has 0 aliphatic heterocycles. The maximum atomic E-state index is 12.6. The van der Waals surface area contributed by atoms with E-state index in [4.69, 9.17) is 0 Å². The number of anilines is 1. The highest BCUT2D eigenvalue weighted by Crippen LogP contribution is 2.21. The molecule has 1 heterocycles. The Balaban J connectivity index is 1.64. The molecule has 7 nitrogen and oxygen atoms in total. The van der Waals surface area contributed by atoms with Crippen LogP contribution in [0.5, 0.6) is 0 Å². The molecule has 0 fully saturated rings. The number of aromatic amines is 1. The van der Waals surface area contributed by atoms with Gasteiger partial charge in [0.05, 0.1) is 12.2 Å². The Labute approximate surface area is 176 Å². The van der Waals surface area contributed by atoms with Gasteiger partial charge in [0.15, 0.2) is 0 Å². The highest BCUT2D eigenvalue weighted by Gasteiger charge is 2.22. The number of fused-ring (bicyclic) bond motifs is 1. The first kappa shape index (κ1) is 20.6. The summed E-state index contributed by atoms with van der Waals surface area (Å²) < 4.78 is 0.745. The molecule has 0 spiro atoms. The Morgan fingerprint density at radius 3 is 2.55 bits per heavy atom. The van der Waals surface area contributed by atoms with Gasteiger partial charge in [-0.05, 0) is 39.7 Å². The number of rotatable bonds is 7. The van der Waals surface area contributed by atoms with Gasteiger partial charge in [-0.2, -0.15) is 0 Å². The van der Waals surface area contributed by atoms with Crippen molar-refractivity contribution < 1.29 is 14.4 Å². The zero-order valence-corrected chi connectivity index (χ0v) is 17.4. The van der Waals surface area contributed by atoms with Crippen LogP contribution in [0, 0.1) is 0 Å². The van der Waals surface area contributed by atoms with Crippen molar-refractivity contribution in [3.63, 3.8) is 0 Å². The van der Waals surface area contributed by atoms with Gasteiger partial charge < -0.3 is 20.9 Å². The van der Waals surface area contributed by atoms with Gasteiger partial charge in [0.1, 0.15) is 6.04 Å². The van der Waals surface area contributed by atoms with Crippen molar-refractivity contribution in [2.45, 2.75) is 19.4 Å². The van der Waals surface area contributed by atoms with E-state index in [0.717, 1.165) is 20.9 Å². The molecule has 0 saturated carbocycles. The standard InChI is InChI=1S/C21H21BrN4O3/c1-13(27)25-19(10-14-11-23-17-8-4-2-6-15(14)17)21(29)24-12-20(28)26-18-9-5-3-7-16(18)22/h2-9,11,19,23H,10,12H2,1H3,(H,24,29)(H,25,27)(H,26,28). The van der Waals surface area contributed by atoms with Crippen molar-refractivity contribution >= 4 is 50.2 Å². The lowest BCUT2D eigenvalue weighted by atomic mass is 10.0. The van der Waals surface area contributed by atoms with E-state index < -0.39 is 11.9 Å². The van der Waals surface area contributed by atoms with E-state index >= 15 is 0 Å². The van der Waals surface area contributed by atoms with Crippen LogP contribution < -0.4 is 16.0 Å². The Hall–Kier alpha value is -3.13. The fraction of sp³-hybridized carbons (Fsp3) is 0.190. The van der Waals surface area contributed by atoms with Crippen molar-refractivity contribution in [1.29, 1.82) is 0 Å². The number of para-hydroxylation sites is 2. The Kier molecular flexibility index (Phi) is 6.66. The van der Waals surface area contributed by atoms with Crippen LogP contribution in [0.1, 0.15) is 12.5 Å².